The van der Waals surface area contributed by atoms with Crippen LogP contribution in [0.4, 0.5) is 11.4 Å². The van der Waals surface area contributed by atoms with Gasteiger partial charge in [-0.2, -0.15) is 0 Å². The monoisotopic (exact) mass is 291 g/mol. The molecule has 0 aromatic heterocycles. The molecule has 2 rings (SSSR count). The second-order valence-electron chi connectivity index (χ2n) is 5.74. The Kier molecular flexibility index (Phi) is 5.07. The lowest BCUT2D eigenvalue weighted by atomic mass is 10.1. The van der Waals surface area contributed by atoms with Crippen molar-refractivity contribution in [3.8, 4) is 0 Å². The van der Waals surface area contributed by atoms with Crippen molar-refractivity contribution in [1.82, 2.24) is 4.90 Å². The van der Waals surface area contributed by atoms with Crippen LogP contribution < -0.4 is 10.6 Å². The summed E-state index contributed by atoms with van der Waals surface area (Å²) in [7, 11) is 3.87. The van der Waals surface area contributed by atoms with Gasteiger partial charge in [0.15, 0.2) is 0 Å². The molecule has 21 heavy (non-hydrogen) atoms. The number of carbonyl (C=O) groups is 1. The van der Waals surface area contributed by atoms with Gasteiger partial charge in [0, 0.05) is 45.3 Å². The third-order valence-electron chi connectivity index (χ3n) is 3.93. The van der Waals surface area contributed by atoms with Crippen LogP contribution in [0.3, 0.4) is 0 Å². The Morgan fingerprint density at radius 3 is 2.71 bits per heavy atom. The fourth-order valence-electron chi connectivity index (χ4n) is 2.67. The van der Waals surface area contributed by atoms with Crippen molar-refractivity contribution in [2.24, 2.45) is 5.92 Å². The number of nitrogen functional groups attached to an aromatic ring is 1. The zero-order valence-corrected chi connectivity index (χ0v) is 13.1. The molecule has 1 saturated heterocycles. The Morgan fingerprint density at radius 2 is 2.19 bits per heavy atom. The zero-order chi connectivity index (χ0) is 15.4. The molecule has 5 heteroatoms. The third kappa shape index (κ3) is 3.67. The van der Waals surface area contributed by atoms with E-state index in [1.165, 1.54) is 0 Å². The number of anilines is 2. The van der Waals surface area contributed by atoms with Crippen LogP contribution in [0.15, 0.2) is 18.2 Å². The van der Waals surface area contributed by atoms with Crippen molar-refractivity contribution in [2.75, 3.05) is 51.0 Å². The van der Waals surface area contributed by atoms with E-state index >= 15 is 0 Å². The molecule has 0 aliphatic carbocycles. The van der Waals surface area contributed by atoms with Gasteiger partial charge < -0.3 is 20.3 Å². The molecule has 1 aromatic rings. The van der Waals surface area contributed by atoms with Crippen LogP contribution in [0.5, 0.6) is 0 Å². The normalized spacial score (nSPS) is 17.8. The fraction of sp³-hybridized carbons (Fsp3) is 0.562. The minimum Gasteiger partial charge on any atom is -0.397 e. The largest absolute Gasteiger partial charge is 0.397 e. The molecule has 1 aromatic carbocycles. The molecule has 0 spiro atoms. The predicted octanol–water partition coefficient (Wildman–Crippen LogP) is 1.83. The van der Waals surface area contributed by atoms with Gasteiger partial charge in [0.1, 0.15) is 0 Å². The first kappa shape index (κ1) is 15.6. The minimum absolute atomic E-state index is 0.0430. The van der Waals surface area contributed by atoms with Crippen LogP contribution in [0.1, 0.15) is 23.7 Å². The second kappa shape index (κ2) is 6.80. The number of ether oxygens (including phenoxy) is 1. The molecule has 1 fully saturated rings. The Labute approximate surface area is 126 Å². The number of amides is 1. The van der Waals surface area contributed by atoms with E-state index in [0.29, 0.717) is 23.7 Å². The summed E-state index contributed by atoms with van der Waals surface area (Å²) in [6, 6.07) is 5.52. The summed E-state index contributed by atoms with van der Waals surface area (Å²) < 4.78 is 5.39. The molecule has 116 valence electrons. The highest BCUT2D eigenvalue weighted by Gasteiger charge is 2.22. The van der Waals surface area contributed by atoms with Gasteiger partial charge in [-0.15, -0.1) is 0 Å². The number of nitrogens with two attached hydrogens (primary N) is 1. The summed E-state index contributed by atoms with van der Waals surface area (Å²) >= 11 is 0. The summed E-state index contributed by atoms with van der Waals surface area (Å²) in [4.78, 5) is 16.4. The first-order chi connectivity index (χ1) is 10.0. The van der Waals surface area contributed by atoms with Gasteiger partial charge in [-0.3, -0.25) is 4.79 Å². The third-order valence-corrected chi connectivity index (χ3v) is 3.93. The molecule has 1 aliphatic rings. The van der Waals surface area contributed by atoms with Gasteiger partial charge in [-0.05, 0) is 31.5 Å². The van der Waals surface area contributed by atoms with E-state index in [2.05, 4.69) is 0 Å². The highest BCUT2D eigenvalue weighted by Crippen LogP contribution is 2.23. The maximum atomic E-state index is 12.6. The Hall–Kier alpha value is -1.75. The van der Waals surface area contributed by atoms with Gasteiger partial charge in [-0.1, -0.05) is 0 Å². The molecule has 5 nitrogen and oxygen atoms in total. The molecule has 1 heterocycles. The van der Waals surface area contributed by atoms with Gasteiger partial charge in [0.05, 0.1) is 18.0 Å². The van der Waals surface area contributed by atoms with Crippen LogP contribution >= 0.6 is 0 Å². The first-order valence-electron chi connectivity index (χ1n) is 7.46. The maximum absolute atomic E-state index is 12.6. The SMILES string of the molecule is CCN(CC1CCOC1)C(=O)c1ccc(N(C)C)c(N)c1. The lowest BCUT2D eigenvalue weighted by molar-refractivity contribution is 0.0731. The summed E-state index contributed by atoms with van der Waals surface area (Å²) in [6.45, 7) is 5.02. The van der Waals surface area contributed by atoms with E-state index in [4.69, 9.17) is 10.5 Å². The first-order valence-corrected chi connectivity index (χ1v) is 7.46. The quantitative estimate of drug-likeness (QED) is 0.841. The van der Waals surface area contributed by atoms with E-state index < -0.39 is 0 Å². The molecule has 2 N–H and O–H groups in total. The smallest absolute Gasteiger partial charge is 0.253 e. The Balaban J connectivity index is 2.11. The summed E-state index contributed by atoms with van der Waals surface area (Å²) in [5, 5.41) is 0. The number of hydrogen-bond acceptors (Lipinski definition) is 4. The van der Waals surface area contributed by atoms with E-state index in [1.807, 2.05) is 43.0 Å². The lowest BCUT2D eigenvalue weighted by Crippen LogP contribution is -2.35. The Bertz CT molecular complexity index is 496. The lowest BCUT2D eigenvalue weighted by Gasteiger charge is -2.24. The van der Waals surface area contributed by atoms with Crippen LogP contribution in [0, 0.1) is 5.92 Å². The van der Waals surface area contributed by atoms with Crippen LogP contribution in [-0.4, -0.2) is 51.2 Å². The number of hydrogen-bond donors (Lipinski definition) is 1. The molecule has 1 aliphatic heterocycles. The Morgan fingerprint density at radius 1 is 1.43 bits per heavy atom. The number of rotatable bonds is 5. The standard InChI is InChI=1S/C16H25N3O2/c1-4-19(10-12-7-8-21-11-12)16(20)13-5-6-15(18(2)3)14(17)9-13/h5-6,9,12H,4,7-8,10-11,17H2,1-3H3. The van der Waals surface area contributed by atoms with Gasteiger partial charge in [0.25, 0.3) is 5.91 Å². The van der Waals surface area contributed by atoms with Crippen LogP contribution in [-0.2, 0) is 4.74 Å². The molecule has 1 amide bonds. The van der Waals surface area contributed by atoms with E-state index in [-0.39, 0.29) is 5.91 Å². The molecule has 0 saturated carbocycles. The topological polar surface area (TPSA) is 58.8 Å². The van der Waals surface area contributed by atoms with Gasteiger partial charge in [-0.25, -0.2) is 0 Å². The highest BCUT2D eigenvalue weighted by atomic mass is 16.5. The molecular weight excluding hydrogens is 266 g/mol. The summed E-state index contributed by atoms with van der Waals surface area (Å²) in [5.74, 6) is 0.494. The van der Waals surface area contributed by atoms with Crippen molar-refractivity contribution in [2.45, 2.75) is 13.3 Å². The molecule has 0 bridgehead atoms. The maximum Gasteiger partial charge on any atom is 0.253 e. The summed E-state index contributed by atoms with van der Waals surface area (Å²) in [6.07, 6.45) is 1.03. The summed E-state index contributed by atoms with van der Waals surface area (Å²) in [5.41, 5.74) is 8.24. The highest BCUT2D eigenvalue weighted by molar-refractivity contribution is 5.96. The van der Waals surface area contributed by atoms with E-state index in [9.17, 15) is 4.79 Å². The van der Waals surface area contributed by atoms with Crippen LogP contribution in [0.2, 0.25) is 0 Å². The van der Waals surface area contributed by atoms with Crippen LogP contribution in [0.25, 0.3) is 0 Å². The van der Waals surface area contributed by atoms with Gasteiger partial charge in [0.2, 0.25) is 0 Å². The van der Waals surface area contributed by atoms with Crippen molar-refractivity contribution in [3.63, 3.8) is 0 Å². The minimum atomic E-state index is 0.0430. The fourth-order valence-corrected chi connectivity index (χ4v) is 2.67. The van der Waals surface area contributed by atoms with Crippen molar-refractivity contribution < 1.29 is 9.53 Å². The van der Waals surface area contributed by atoms with E-state index in [1.54, 1.807) is 6.07 Å². The van der Waals surface area contributed by atoms with E-state index in [0.717, 1.165) is 31.9 Å². The molecule has 1 atom stereocenters. The number of benzene rings is 1. The molecular formula is C16H25N3O2. The van der Waals surface area contributed by atoms with Gasteiger partial charge >= 0.3 is 0 Å². The van der Waals surface area contributed by atoms with Crippen molar-refractivity contribution in [1.29, 1.82) is 0 Å². The second-order valence-corrected chi connectivity index (χ2v) is 5.74. The number of nitrogens with zero attached hydrogens (tertiary/aromatic N) is 2. The predicted molar refractivity (Wildman–Crippen MR) is 85.7 cm³/mol. The number of carbonyl (C=O) groups excluding carboxylic acids is 1. The average Bonchev–Trinajstić information content (AvgIpc) is 2.96. The van der Waals surface area contributed by atoms with Crippen molar-refractivity contribution in [3.05, 3.63) is 23.8 Å². The van der Waals surface area contributed by atoms with Crippen molar-refractivity contribution >= 4 is 17.3 Å². The molecule has 0 radical (unpaired) electrons. The molecule has 1 unspecified atom stereocenters. The average molecular weight is 291 g/mol. The zero-order valence-electron chi connectivity index (χ0n) is 13.1.